The maximum atomic E-state index is 12.0. The van der Waals surface area contributed by atoms with Crippen LogP contribution in [0.5, 0.6) is 0 Å². The standard InChI is InChI=1S/C17H26N2O/c1-13-4-6-16(7-5-13)18-17(20)8-9-19-11-14(2)10-15(3)12-19/h4-7,14-15H,8-12H2,1-3H3,(H,18,20). The molecular weight excluding hydrogens is 248 g/mol. The van der Waals surface area contributed by atoms with E-state index in [4.69, 9.17) is 0 Å². The lowest BCUT2D eigenvalue weighted by Crippen LogP contribution is -2.40. The van der Waals surface area contributed by atoms with Crippen LogP contribution in [0.3, 0.4) is 0 Å². The van der Waals surface area contributed by atoms with E-state index in [9.17, 15) is 4.79 Å². The lowest BCUT2D eigenvalue weighted by Gasteiger charge is -2.34. The van der Waals surface area contributed by atoms with Crippen LogP contribution in [0.4, 0.5) is 5.69 Å². The number of piperidine rings is 1. The molecule has 2 atom stereocenters. The summed E-state index contributed by atoms with van der Waals surface area (Å²) in [5.41, 5.74) is 2.10. The van der Waals surface area contributed by atoms with Crippen LogP contribution in [0.15, 0.2) is 24.3 Å². The molecule has 1 aliphatic rings. The maximum Gasteiger partial charge on any atom is 0.225 e. The van der Waals surface area contributed by atoms with Crippen molar-refractivity contribution in [2.75, 3.05) is 25.0 Å². The molecule has 0 saturated carbocycles. The molecule has 1 saturated heterocycles. The average molecular weight is 274 g/mol. The number of carbonyl (C=O) groups is 1. The third kappa shape index (κ3) is 4.64. The third-order valence-electron chi connectivity index (χ3n) is 3.93. The van der Waals surface area contributed by atoms with E-state index >= 15 is 0 Å². The summed E-state index contributed by atoms with van der Waals surface area (Å²) in [6.45, 7) is 9.77. The van der Waals surface area contributed by atoms with Gasteiger partial charge in [0.2, 0.25) is 5.91 Å². The number of hydrogen-bond donors (Lipinski definition) is 1. The van der Waals surface area contributed by atoms with Crippen molar-refractivity contribution >= 4 is 11.6 Å². The number of benzene rings is 1. The Morgan fingerprint density at radius 3 is 2.40 bits per heavy atom. The highest BCUT2D eigenvalue weighted by Gasteiger charge is 2.21. The molecule has 0 spiro atoms. The van der Waals surface area contributed by atoms with Gasteiger partial charge in [0.05, 0.1) is 0 Å². The van der Waals surface area contributed by atoms with Gasteiger partial charge in [-0.05, 0) is 37.3 Å². The molecule has 20 heavy (non-hydrogen) atoms. The second-order valence-electron chi connectivity index (χ2n) is 6.37. The van der Waals surface area contributed by atoms with Crippen LogP contribution >= 0.6 is 0 Å². The number of nitrogens with one attached hydrogen (secondary N) is 1. The van der Waals surface area contributed by atoms with Gasteiger partial charge in [-0.2, -0.15) is 0 Å². The molecule has 3 nitrogen and oxygen atoms in total. The van der Waals surface area contributed by atoms with Crippen molar-refractivity contribution in [3.63, 3.8) is 0 Å². The van der Waals surface area contributed by atoms with Gasteiger partial charge in [-0.15, -0.1) is 0 Å². The first kappa shape index (κ1) is 15.0. The predicted octanol–water partition coefficient (Wildman–Crippen LogP) is 3.30. The highest BCUT2D eigenvalue weighted by molar-refractivity contribution is 5.90. The van der Waals surface area contributed by atoms with Gasteiger partial charge < -0.3 is 10.2 Å². The molecule has 0 aliphatic carbocycles. The minimum atomic E-state index is 0.111. The number of likely N-dealkylation sites (tertiary alicyclic amines) is 1. The van der Waals surface area contributed by atoms with Gasteiger partial charge in [-0.3, -0.25) is 4.79 Å². The fraction of sp³-hybridized carbons (Fsp3) is 0.588. The minimum Gasteiger partial charge on any atom is -0.326 e. The average Bonchev–Trinajstić information content (AvgIpc) is 2.38. The fourth-order valence-corrected chi connectivity index (χ4v) is 3.09. The van der Waals surface area contributed by atoms with Crippen LogP contribution < -0.4 is 5.32 Å². The Kier molecular flexibility index (Phi) is 5.18. The van der Waals surface area contributed by atoms with E-state index in [2.05, 4.69) is 24.1 Å². The fourth-order valence-electron chi connectivity index (χ4n) is 3.09. The molecule has 1 N–H and O–H groups in total. The highest BCUT2D eigenvalue weighted by atomic mass is 16.1. The summed E-state index contributed by atoms with van der Waals surface area (Å²) < 4.78 is 0. The molecule has 0 aromatic heterocycles. The van der Waals surface area contributed by atoms with E-state index in [0.717, 1.165) is 37.2 Å². The first-order valence-corrected chi connectivity index (χ1v) is 7.62. The molecule has 0 bridgehead atoms. The molecular formula is C17H26N2O. The number of anilines is 1. The predicted molar refractivity (Wildman–Crippen MR) is 83.8 cm³/mol. The molecule has 1 aromatic rings. The van der Waals surface area contributed by atoms with Crippen molar-refractivity contribution in [2.45, 2.75) is 33.6 Å². The zero-order valence-electron chi connectivity index (χ0n) is 12.9. The maximum absolute atomic E-state index is 12.0. The zero-order chi connectivity index (χ0) is 14.5. The van der Waals surface area contributed by atoms with E-state index in [-0.39, 0.29) is 5.91 Å². The Labute approximate surface area is 122 Å². The molecule has 1 aromatic carbocycles. The van der Waals surface area contributed by atoms with E-state index in [1.807, 2.05) is 31.2 Å². The van der Waals surface area contributed by atoms with E-state index in [0.29, 0.717) is 6.42 Å². The minimum absolute atomic E-state index is 0.111. The van der Waals surface area contributed by atoms with Crippen molar-refractivity contribution in [1.29, 1.82) is 0 Å². The largest absolute Gasteiger partial charge is 0.326 e. The first-order valence-electron chi connectivity index (χ1n) is 7.62. The number of rotatable bonds is 4. The molecule has 110 valence electrons. The van der Waals surface area contributed by atoms with Crippen LogP contribution in [-0.2, 0) is 4.79 Å². The molecule has 1 heterocycles. The second-order valence-corrected chi connectivity index (χ2v) is 6.37. The highest BCUT2D eigenvalue weighted by Crippen LogP contribution is 2.20. The van der Waals surface area contributed by atoms with Crippen LogP contribution in [0.1, 0.15) is 32.3 Å². The summed E-state index contributed by atoms with van der Waals surface area (Å²) in [6.07, 6.45) is 1.89. The summed E-state index contributed by atoms with van der Waals surface area (Å²) in [5, 5.41) is 2.97. The summed E-state index contributed by atoms with van der Waals surface area (Å²) in [5.74, 6) is 1.61. The number of nitrogens with zero attached hydrogens (tertiary/aromatic N) is 1. The first-order chi connectivity index (χ1) is 9.52. The number of carbonyl (C=O) groups excluding carboxylic acids is 1. The number of hydrogen-bond acceptors (Lipinski definition) is 2. The van der Waals surface area contributed by atoms with Crippen molar-refractivity contribution < 1.29 is 4.79 Å². The van der Waals surface area contributed by atoms with Crippen molar-refractivity contribution in [2.24, 2.45) is 11.8 Å². The Balaban J connectivity index is 1.76. The lowest BCUT2D eigenvalue weighted by atomic mass is 9.92. The van der Waals surface area contributed by atoms with Crippen molar-refractivity contribution in [1.82, 2.24) is 4.90 Å². The molecule has 1 fully saturated rings. The van der Waals surface area contributed by atoms with Gasteiger partial charge in [0.25, 0.3) is 0 Å². The van der Waals surface area contributed by atoms with E-state index in [1.165, 1.54) is 12.0 Å². The Morgan fingerprint density at radius 2 is 1.80 bits per heavy atom. The van der Waals surface area contributed by atoms with Gasteiger partial charge in [0, 0.05) is 31.7 Å². The Hall–Kier alpha value is -1.35. The molecule has 1 amide bonds. The molecule has 1 aliphatic heterocycles. The van der Waals surface area contributed by atoms with Crippen molar-refractivity contribution in [3.8, 4) is 0 Å². The molecule has 2 unspecified atom stereocenters. The Morgan fingerprint density at radius 1 is 1.20 bits per heavy atom. The SMILES string of the molecule is Cc1ccc(NC(=O)CCN2CC(C)CC(C)C2)cc1. The summed E-state index contributed by atoms with van der Waals surface area (Å²) in [4.78, 5) is 14.4. The quantitative estimate of drug-likeness (QED) is 0.913. The third-order valence-corrected chi connectivity index (χ3v) is 3.93. The molecule has 3 heteroatoms. The molecule has 2 rings (SSSR count). The lowest BCUT2D eigenvalue weighted by molar-refractivity contribution is -0.116. The normalized spacial score (nSPS) is 23.6. The topological polar surface area (TPSA) is 32.3 Å². The Bertz CT molecular complexity index is 431. The van der Waals surface area contributed by atoms with Crippen LogP contribution in [0, 0.1) is 18.8 Å². The monoisotopic (exact) mass is 274 g/mol. The van der Waals surface area contributed by atoms with Gasteiger partial charge in [0.1, 0.15) is 0 Å². The zero-order valence-corrected chi connectivity index (χ0v) is 12.9. The van der Waals surface area contributed by atoms with Crippen molar-refractivity contribution in [3.05, 3.63) is 29.8 Å². The van der Waals surface area contributed by atoms with Gasteiger partial charge >= 0.3 is 0 Å². The van der Waals surface area contributed by atoms with Crippen LogP contribution in [0.25, 0.3) is 0 Å². The van der Waals surface area contributed by atoms with Crippen LogP contribution in [-0.4, -0.2) is 30.4 Å². The van der Waals surface area contributed by atoms with Crippen LogP contribution in [0.2, 0.25) is 0 Å². The summed E-state index contributed by atoms with van der Waals surface area (Å²) in [7, 11) is 0. The van der Waals surface area contributed by atoms with Gasteiger partial charge in [-0.1, -0.05) is 31.5 Å². The van der Waals surface area contributed by atoms with Gasteiger partial charge in [0.15, 0.2) is 0 Å². The van der Waals surface area contributed by atoms with E-state index in [1.54, 1.807) is 0 Å². The smallest absolute Gasteiger partial charge is 0.225 e. The molecule has 0 radical (unpaired) electrons. The van der Waals surface area contributed by atoms with Gasteiger partial charge in [-0.25, -0.2) is 0 Å². The summed E-state index contributed by atoms with van der Waals surface area (Å²) >= 11 is 0. The summed E-state index contributed by atoms with van der Waals surface area (Å²) in [6, 6.07) is 7.95. The number of aryl methyl sites for hydroxylation is 1. The van der Waals surface area contributed by atoms with E-state index < -0.39 is 0 Å². The number of amides is 1. The second kappa shape index (κ2) is 6.89.